The molecule has 1 fully saturated rings. The Morgan fingerprint density at radius 2 is 2.16 bits per heavy atom. The van der Waals surface area contributed by atoms with Crippen LogP contribution in [0.25, 0.3) is 11.5 Å². The summed E-state index contributed by atoms with van der Waals surface area (Å²) in [6.07, 6.45) is 4.80. The molecule has 19 heavy (non-hydrogen) atoms. The second-order valence-electron chi connectivity index (χ2n) is 5.50. The maximum Gasteiger partial charge on any atom is 0.257 e. The number of hydrogen-bond donors (Lipinski definition) is 1. The first-order chi connectivity index (χ1) is 9.40. The van der Waals surface area contributed by atoms with Gasteiger partial charge in [-0.1, -0.05) is 17.6 Å². The van der Waals surface area contributed by atoms with Crippen LogP contribution in [0.1, 0.15) is 42.1 Å². The zero-order valence-corrected chi connectivity index (χ0v) is 10.9. The van der Waals surface area contributed by atoms with Crippen LogP contribution < -0.4 is 5.32 Å². The van der Waals surface area contributed by atoms with Gasteiger partial charge in [0, 0.05) is 18.0 Å². The van der Waals surface area contributed by atoms with Gasteiger partial charge in [-0.05, 0) is 49.1 Å². The summed E-state index contributed by atoms with van der Waals surface area (Å²) in [6, 6.07) is 6.47. The highest BCUT2D eigenvalue weighted by atomic mass is 16.5. The molecule has 1 aliphatic heterocycles. The molecule has 4 rings (SSSR count). The number of fused-ring (bicyclic) bond motifs is 1. The van der Waals surface area contributed by atoms with Crippen molar-refractivity contribution in [1.82, 2.24) is 15.5 Å². The third-order valence-corrected chi connectivity index (χ3v) is 4.25. The number of nitrogens with zero attached hydrogens (tertiary/aromatic N) is 2. The predicted molar refractivity (Wildman–Crippen MR) is 71.7 cm³/mol. The first kappa shape index (κ1) is 11.2. The summed E-state index contributed by atoms with van der Waals surface area (Å²) in [5, 5.41) is 7.52. The highest BCUT2D eigenvalue weighted by Crippen LogP contribution is 2.35. The molecule has 0 bridgehead atoms. The Balaban J connectivity index is 1.65. The standard InChI is InChI=1S/C15H17N3O/c1-2-11(3-1)14-17-15(19-18-14)12-5-4-10-6-7-16-9-13(10)8-12/h4-5,8,11,16H,1-3,6-7,9H2. The normalized spacial score (nSPS) is 18.9. The Hall–Kier alpha value is -1.68. The Morgan fingerprint density at radius 3 is 3.00 bits per heavy atom. The fourth-order valence-corrected chi connectivity index (χ4v) is 2.80. The van der Waals surface area contributed by atoms with Crippen molar-refractivity contribution >= 4 is 0 Å². The van der Waals surface area contributed by atoms with Gasteiger partial charge >= 0.3 is 0 Å². The van der Waals surface area contributed by atoms with Crippen molar-refractivity contribution in [1.29, 1.82) is 0 Å². The van der Waals surface area contributed by atoms with E-state index in [2.05, 4.69) is 33.7 Å². The third-order valence-electron chi connectivity index (χ3n) is 4.25. The molecule has 4 heteroatoms. The fraction of sp³-hybridized carbons (Fsp3) is 0.467. The van der Waals surface area contributed by atoms with E-state index < -0.39 is 0 Å². The quantitative estimate of drug-likeness (QED) is 0.896. The van der Waals surface area contributed by atoms with Gasteiger partial charge in [-0.25, -0.2) is 0 Å². The van der Waals surface area contributed by atoms with E-state index >= 15 is 0 Å². The Labute approximate surface area is 112 Å². The average molecular weight is 255 g/mol. The minimum Gasteiger partial charge on any atom is -0.334 e. The lowest BCUT2D eigenvalue weighted by Gasteiger charge is -2.20. The maximum absolute atomic E-state index is 5.42. The van der Waals surface area contributed by atoms with Crippen LogP contribution in [0.3, 0.4) is 0 Å². The second-order valence-corrected chi connectivity index (χ2v) is 5.50. The van der Waals surface area contributed by atoms with Crippen LogP contribution >= 0.6 is 0 Å². The molecular weight excluding hydrogens is 238 g/mol. The SMILES string of the molecule is c1cc2c(cc1-c1nc(C3CCC3)no1)CNCC2. The molecule has 1 aromatic heterocycles. The molecule has 98 valence electrons. The summed E-state index contributed by atoms with van der Waals surface area (Å²) in [4.78, 5) is 4.55. The van der Waals surface area contributed by atoms with E-state index in [-0.39, 0.29) is 0 Å². The number of rotatable bonds is 2. The van der Waals surface area contributed by atoms with Crippen LogP contribution in [-0.2, 0) is 13.0 Å². The van der Waals surface area contributed by atoms with E-state index in [1.54, 1.807) is 0 Å². The van der Waals surface area contributed by atoms with E-state index in [0.717, 1.165) is 30.9 Å². The summed E-state index contributed by atoms with van der Waals surface area (Å²) in [6.45, 7) is 2.01. The van der Waals surface area contributed by atoms with E-state index in [0.29, 0.717) is 11.8 Å². The lowest BCUT2D eigenvalue weighted by atomic mass is 9.85. The highest BCUT2D eigenvalue weighted by Gasteiger charge is 2.25. The van der Waals surface area contributed by atoms with Crippen LogP contribution in [-0.4, -0.2) is 16.7 Å². The second kappa shape index (κ2) is 4.46. The number of benzene rings is 1. The van der Waals surface area contributed by atoms with Crippen LogP contribution in [0.2, 0.25) is 0 Å². The fourth-order valence-electron chi connectivity index (χ4n) is 2.80. The van der Waals surface area contributed by atoms with Crippen molar-refractivity contribution in [3.63, 3.8) is 0 Å². The van der Waals surface area contributed by atoms with Crippen molar-refractivity contribution in [3.8, 4) is 11.5 Å². The largest absolute Gasteiger partial charge is 0.334 e. The molecule has 1 aliphatic carbocycles. The summed E-state index contributed by atoms with van der Waals surface area (Å²) in [5.41, 5.74) is 3.83. The summed E-state index contributed by atoms with van der Waals surface area (Å²) in [7, 11) is 0. The third kappa shape index (κ3) is 1.96. The van der Waals surface area contributed by atoms with Gasteiger partial charge in [-0.3, -0.25) is 0 Å². The lowest BCUT2D eigenvalue weighted by Crippen LogP contribution is -2.23. The van der Waals surface area contributed by atoms with E-state index in [1.807, 2.05) is 0 Å². The van der Waals surface area contributed by atoms with Gasteiger partial charge < -0.3 is 9.84 Å². The van der Waals surface area contributed by atoms with Crippen LogP contribution in [0.15, 0.2) is 22.7 Å². The number of nitrogens with one attached hydrogen (secondary N) is 1. The Morgan fingerprint density at radius 1 is 1.21 bits per heavy atom. The first-order valence-electron chi connectivity index (χ1n) is 7.06. The van der Waals surface area contributed by atoms with Gasteiger partial charge in [0.1, 0.15) is 0 Å². The topological polar surface area (TPSA) is 51.0 Å². The van der Waals surface area contributed by atoms with E-state index in [1.165, 1.54) is 30.4 Å². The van der Waals surface area contributed by atoms with Crippen molar-refractivity contribution in [3.05, 3.63) is 35.2 Å². The number of hydrogen-bond acceptors (Lipinski definition) is 4. The Bertz CT molecular complexity index is 601. The molecule has 1 saturated carbocycles. The predicted octanol–water partition coefficient (Wildman–Crippen LogP) is 2.65. The van der Waals surface area contributed by atoms with E-state index in [9.17, 15) is 0 Å². The molecule has 0 atom stereocenters. The highest BCUT2D eigenvalue weighted by molar-refractivity contribution is 5.56. The van der Waals surface area contributed by atoms with Crippen LogP contribution in [0.5, 0.6) is 0 Å². The molecule has 4 nitrogen and oxygen atoms in total. The van der Waals surface area contributed by atoms with Crippen LogP contribution in [0, 0.1) is 0 Å². The molecule has 2 aliphatic rings. The Kier molecular flexibility index (Phi) is 2.62. The summed E-state index contributed by atoms with van der Waals surface area (Å²) >= 11 is 0. The van der Waals surface area contributed by atoms with Crippen LogP contribution in [0.4, 0.5) is 0 Å². The molecule has 2 heterocycles. The lowest BCUT2D eigenvalue weighted by molar-refractivity contribution is 0.366. The maximum atomic E-state index is 5.42. The molecule has 1 aromatic carbocycles. The first-order valence-corrected chi connectivity index (χ1v) is 7.06. The van der Waals surface area contributed by atoms with Gasteiger partial charge in [0.25, 0.3) is 5.89 Å². The molecule has 0 saturated heterocycles. The van der Waals surface area contributed by atoms with Gasteiger partial charge in [-0.2, -0.15) is 4.98 Å². The minimum absolute atomic E-state index is 0.525. The van der Waals surface area contributed by atoms with Crippen molar-refractivity contribution < 1.29 is 4.52 Å². The molecule has 0 spiro atoms. The molecular formula is C15H17N3O. The minimum atomic E-state index is 0.525. The summed E-state index contributed by atoms with van der Waals surface area (Å²) < 4.78 is 5.42. The van der Waals surface area contributed by atoms with Crippen molar-refractivity contribution in [2.75, 3.05) is 6.54 Å². The molecule has 0 unspecified atom stereocenters. The van der Waals surface area contributed by atoms with Crippen molar-refractivity contribution in [2.24, 2.45) is 0 Å². The van der Waals surface area contributed by atoms with Gasteiger partial charge in [-0.15, -0.1) is 0 Å². The molecule has 1 N–H and O–H groups in total. The van der Waals surface area contributed by atoms with Crippen molar-refractivity contribution in [2.45, 2.75) is 38.1 Å². The van der Waals surface area contributed by atoms with E-state index in [4.69, 9.17) is 4.52 Å². The number of aromatic nitrogens is 2. The average Bonchev–Trinajstić information content (AvgIpc) is 2.85. The van der Waals surface area contributed by atoms with Gasteiger partial charge in [0.05, 0.1) is 0 Å². The molecule has 0 amide bonds. The van der Waals surface area contributed by atoms with Gasteiger partial charge in [0.2, 0.25) is 0 Å². The summed E-state index contributed by atoms with van der Waals surface area (Å²) in [5.74, 6) is 2.07. The molecule has 2 aromatic rings. The zero-order chi connectivity index (χ0) is 12.7. The molecule has 0 radical (unpaired) electrons. The smallest absolute Gasteiger partial charge is 0.257 e. The monoisotopic (exact) mass is 255 g/mol. The zero-order valence-electron chi connectivity index (χ0n) is 10.9. The van der Waals surface area contributed by atoms with Gasteiger partial charge in [0.15, 0.2) is 5.82 Å².